The number of nitrogens with zero attached hydrogens (tertiary/aromatic N) is 1. The maximum atomic E-state index is 13.1. The molecule has 25 heavy (non-hydrogen) atoms. The predicted molar refractivity (Wildman–Crippen MR) is 99.7 cm³/mol. The Labute approximate surface area is 156 Å². The Hall–Kier alpha value is -1.21. The summed E-state index contributed by atoms with van der Waals surface area (Å²) in [5.41, 5.74) is -1.69. The summed E-state index contributed by atoms with van der Waals surface area (Å²) in [5, 5.41) is 15.1. The van der Waals surface area contributed by atoms with Crippen LogP contribution in [0.25, 0.3) is 0 Å². The number of fused-ring (bicyclic) bond motifs is 2. The van der Waals surface area contributed by atoms with E-state index < -0.39 is 11.6 Å². The van der Waals surface area contributed by atoms with E-state index in [9.17, 15) is 9.90 Å². The molecule has 2 aliphatic heterocycles. The summed E-state index contributed by atoms with van der Waals surface area (Å²) < 4.78 is 6.93. The van der Waals surface area contributed by atoms with E-state index in [2.05, 4.69) is 14.1 Å². The summed E-state index contributed by atoms with van der Waals surface area (Å²) in [5.74, 6) is -0.533. The molecule has 2 aromatic rings. The Kier molecular flexibility index (Phi) is 4.27. The molecule has 1 N–H and O–H groups in total. The largest absolute Gasteiger partial charge is 0.459 e. The molecule has 4 nitrogen and oxygen atoms in total. The molecule has 0 saturated carbocycles. The number of carbonyl (C=O) groups excluding carboxylic acids is 1. The van der Waals surface area contributed by atoms with Crippen LogP contribution in [-0.2, 0) is 15.1 Å². The third-order valence-electron chi connectivity index (χ3n) is 6.11. The molecule has 0 aromatic carbocycles. The highest BCUT2D eigenvalue weighted by atomic mass is 32.1. The number of esters is 1. The summed E-state index contributed by atoms with van der Waals surface area (Å²) in [4.78, 5) is 14.3. The second kappa shape index (κ2) is 6.20. The van der Waals surface area contributed by atoms with E-state index in [0.717, 1.165) is 17.3 Å². The molecular formula is C19H24NO3S2+. The number of hydrogen-bond donors (Lipinski definition) is 1. The Bertz CT molecular complexity index is 689. The maximum Gasteiger partial charge on any atom is 0.349 e. The predicted octanol–water partition coefficient (Wildman–Crippen LogP) is 3.36. The molecule has 3 atom stereocenters. The number of quaternary nitrogens is 1. The van der Waals surface area contributed by atoms with Crippen molar-refractivity contribution in [1.82, 2.24) is 0 Å². The molecule has 134 valence electrons. The third-order valence-corrected chi connectivity index (χ3v) is 8.07. The second-order valence-corrected chi connectivity index (χ2v) is 9.57. The standard InChI is InChI=1S/C19H24NO3S2/c1-20(2)13-7-8-14(20)12-15(11-13)23-18(21)19(22,16-5-3-9-24-16)17-6-4-10-25-17/h3-6,9-10,13-15,22H,7-8,11-12H2,1-2H3/q+1/t13-,14+,15?. The van der Waals surface area contributed by atoms with Crippen molar-refractivity contribution in [2.45, 2.75) is 49.5 Å². The smallest absolute Gasteiger partial charge is 0.349 e. The van der Waals surface area contributed by atoms with Gasteiger partial charge in [0.25, 0.3) is 0 Å². The highest BCUT2D eigenvalue weighted by molar-refractivity contribution is 7.12. The van der Waals surface area contributed by atoms with Crippen molar-refractivity contribution in [3.05, 3.63) is 44.8 Å². The van der Waals surface area contributed by atoms with Gasteiger partial charge in [0, 0.05) is 25.7 Å². The average molecular weight is 379 g/mol. The Morgan fingerprint density at radius 1 is 1.12 bits per heavy atom. The van der Waals surface area contributed by atoms with Gasteiger partial charge in [0.1, 0.15) is 6.10 Å². The zero-order valence-corrected chi connectivity index (χ0v) is 16.2. The number of thiophene rings is 2. The van der Waals surface area contributed by atoms with Gasteiger partial charge in [0.2, 0.25) is 5.60 Å². The van der Waals surface area contributed by atoms with Gasteiger partial charge in [-0.2, -0.15) is 0 Å². The van der Waals surface area contributed by atoms with E-state index >= 15 is 0 Å². The lowest BCUT2D eigenvalue weighted by atomic mass is 9.96. The first-order chi connectivity index (χ1) is 11.9. The monoisotopic (exact) mass is 378 g/mol. The molecule has 0 radical (unpaired) electrons. The third kappa shape index (κ3) is 2.76. The van der Waals surface area contributed by atoms with Crippen molar-refractivity contribution < 1.29 is 19.1 Å². The molecule has 6 heteroatoms. The van der Waals surface area contributed by atoms with Crippen LogP contribution in [0.15, 0.2) is 35.0 Å². The molecule has 2 fully saturated rings. The number of carbonyl (C=O) groups is 1. The first-order valence-corrected chi connectivity index (χ1v) is 10.5. The fraction of sp³-hybridized carbons (Fsp3) is 0.526. The van der Waals surface area contributed by atoms with Crippen LogP contribution < -0.4 is 0 Å². The lowest BCUT2D eigenvalue weighted by molar-refractivity contribution is -0.931. The molecule has 4 rings (SSSR count). The summed E-state index contributed by atoms with van der Waals surface area (Å²) in [6, 6.07) is 8.41. The van der Waals surface area contributed by atoms with Crippen LogP contribution in [0.3, 0.4) is 0 Å². The molecule has 2 aromatic heterocycles. The zero-order chi connectivity index (χ0) is 17.7. The first kappa shape index (κ1) is 17.2. The molecule has 0 spiro atoms. The fourth-order valence-corrected chi connectivity index (χ4v) is 6.17. The van der Waals surface area contributed by atoms with E-state index in [0.29, 0.717) is 21.8 Å². The van der Waals surface area contributed by atoms with Gasteiger partial charge in [0.15, 0.2) is 0 Å². The van der Waals surface area contributed by atoms with Gasteiger partial charge < -0.3 is 14.3 Å². The van der Waals surface area contributed by atoms with Crippen molar-refractivity contribution in [3.8, 4) is 0 Å². The number of aliphatic hydroxyl groups is 1. The van der Waals surface area contributed by atoms with E-state index in [-0.39, 0.29) is 6.10 Å². The number of piperidine rings is 1. The molecular weight excluding hydrogens is 354 g/mol. The Morgan fingerprint density at radius 2 is 1.64 bits per heavy atom. The normalized spacial score (nSPS) is 28.0. The molecule has 2 aliphatic rings. The van der Waals surface area contributed by atoms with Crippen LogP contribution >= 0.6 is 22.7 Å². The van der Waals surface area contributed by atoms with Gasteiger partial charge in [-0.15, -0.1) is 22.7 Å². The van der Waals surface area contributed by atoms with Gasteiger partial charge in [0.05, 0.1) is 35.9 Å². The van der Waals surface area contributed by atoms with Crippen LogP contribution in [0.4, 0.5) is 0 Å². The van der Waals surface area contributed by atoms with Crippen LogP contribution in [-0.4, -0.2) is 47.8 Å². The van der Waals surface area contributed by atoms with Crippen LogP contribution in [0, 0.1) is 0 Å². The number of ether oxygens (including phenoxy) is 1. The van der Waals surface area contributed by atoms with Crippen LogP contribution in [0.1, 0.15) is 35.4 Å². The molecule has 1 unspecified atom stereocenters. The number of hydrogen-bond acceptors (Lipinski definition) is 5. The highest BCUT2D eigenvalue weighted by Gasteiger charge is 2.52. The minimum atomic E-state index is -1.69. The van der Waals surface area contributed by atoms with E-state index in [1.807, 2.05) is 22.9 Å². The lowest BCUT2D eigenvalue weighted by Gasteiger charge is -2.44. The molecule has 0 aliphatic carbocycles. The lowest BCUT2D eigenvalue weighted by Crippen LogP contribution is -2.56. The van der Waals surface area contributed by atoms with E-state index in [1.54, 1.807) is 12.1 Å². The van der Waals surface area contributed by atoms with Crippen molar-refractivity contribution >= 4 is 28.6 Å². The molecule has 0 amide bonds. The Morgan fingerprint density at radius 3 is 2.08 bits per heavy atom. The van der Waals surface area contributed by atoms with Gasteiger partial charge in [-0.25, -0.2) is 4.79 Å². The Balaban J connectivity index is 1.57. The summed E-state index contributed by atoms with van der Waals surface area (Å²) in [7, 11) is 4.57. The molecule has 2 saturated heterocycles. The summed E-state index contributed by atoms with van der Waals surface area (Å²) >= 11 is 2.77. The van der Waals surface area contributed by atoms with Crippen molar-refractivity contribution in [1.29, 1.82) is 0 Å². The maximum absolute atomic E-state index is 13.1. The van der Waals surface area contributed by atoms with Crippen molar-refractivity contribution in [3.63, 3.8) is 0 Å². The minimum absolute atomic E-state index is 0.0948. The number of rotatable bonds is 4. The van der Waals surface area contributed by atoms with Gasteiger partial charge >= 0.3 is 5.97 Å². The van der Waals surface area contributed by atoms with Crippen LogP contribution in [0.5, 0.6) is 0 Å². The summed E-state index contributed by atoms with van der Waals surface area (Å²) in [6.45, 7) is 0. The highest BCUT2D eigenvalue weighted by Crippen LogP contribution is 2.42. The quantitative estimate of drug-likeness (QED) is 0.655. The van der Waals surface area contributed by atoms with E-state index in [4.69, 9.17) is 4.74 Å². The van der Waals surface area contributed by atoms with Gasteiger partial charge in [-0.3, -0.25) is 0 Å². The van der Waals surface area contributed by atoms with Crippen molar-refractivity contribution in [2.75, 3.05) is 14.1 Å². The summed E-state index contributed by atoms with van der Waals surface area (Å²) in [6.07, 6.45) is 4.08. The second-order valence-electron chi connectivity index (χ2n) is 7.68. The van der Waals surface area contributed by atoms with E-state index in [1.165, 1.54) is 35.5 Å². The topological polar surface area (TPSA) is 46.5 Å². The molecule has 4 heterocycles. The van der Waals surface area contributed by atoms with Crippen LogP contribution in [0.2, 0.25) is 0 Å². The average Bonchev–Trinajstić information content (AvgIpc) is 3.29. The fourth-order valence-electron chi connectivity index (χ4n) is 4.45. The SMILES string of the molecule is C[N+]1(C)[C@@H]2CC[C@H]1CC(OC(=O)C(O)(c1cccs1)c1cccs1)C2. The zero-order valence-electron chi connectivity index (χ0n) is 14.6. The van der Waals surface area contributed by atoms with Gasteiger partial charge in [-0.1, -0.05) is 12.1 Å². The van der Waals surface area contributed by atoms with Crippen molar-refractivity contribution in [2.24, 2.45) is 0 Å². The molecule has 2 bridgehead atoms. The van der Waals surface area contributed by atoms with Gasteiger partial charge in [-0.05, 0) is 22.9 Å². The first-order valence-electron chi connectivity index (χ1n) is 8.77. The minimum Gasteiger partial charge on any atom is -0.459 e.